The Balaban J connectivity index is 2.43. The molecule has 0 aliphatic rings. The molecule has 0 fully saturated rings. The predicted octanol–water partition coefficient (Wildman–Crippen LogP) is 2.84. The van der Waals surface area contributed by atoms with Gasteiger partial charge in [-0.3, -0.25) is 4.79 Å². The van der Waals surface area contributed by atoms with Crippen molar-refractivity contribution in [2.75, 3.05) is 12.4 Å². The molecular formula is C11H17ClN2OS. The van der Waals surface area contributed by atoms with Crippen molar-refractivity contribution in [1.82, 2.24) is 10.3 Å². The first-order valence-corrected chi connectivity index (χ1v) is 6.84. The van der Waals surface area contributed by atoms with Crippen molar-refractivity contribution in [3.05, 3.63) is 16.1 Å². The van der Waals surface area contributed by atoms with Gasteiger partial charge < -0.3 is 5.32 Å². The predicted molar refractivity (Wildman–Crippen MR) is 68.3 cm³/mol. The number of carbonyl (C=O) groups is 1. The van der Waals surface area contributed by atoms with E-state index in [0.29, 0.717) is 23.2 Å². The lowest BCUT2D eigenvalue weighted by molar-refractivity contribution is 0.0949. The Kier molecular flexibility index (Phi) is 5.77. The lowest BCUT2D eigenvalue weighted by atomic mass is 10.0. The van der Waals surface area contributed by atoms with Gasteiger partial charge in [0.1, 0.15) is 4.88 Å². The number of hydrogen-bond donors (Lipinski definition) is 1. The number of amides is 1. The largest absolute Gasteiger partial charge is 0.351 e. The molecule has 0 aromatic carbocycles. The average molecular weight is 261 g/mol. The molecule has 1 aromatic rings. The van der Waals surface area contributed by atoms with Gasteiger partial charge in [-0.25, -0.2) is 4.98 Å². The van der Waals surface area contributed by atoms with Crippen LogP contribution in [0.15, 0.2) is 5.51 Å². The van der Waals surface area contributed by atoms with Gasteiger partial charge in [0.05, 0.1) is 11.2 Å². The molecule has 1 aromatic heterocycles. The van der Waals surface area contributed by atoms with E-state index in [2.05, 4.69) is 17.2 Å². The molecule has 0 spiro atoms. The maximum Gasteiger partial charge on any atom is 0.263 e. The van der Waals surface area contributed by atoms with E-state index in [9.17, 15) is 4.79 Å². The van der Waals surface area contributed by atoms with E-state index in [-0.39, 0.29) is 5.91 Å². The molecule has 1 heterocycles. The summed E-state index contributed by atoms with van der Waals surface area (Å²) in [6.45, 7) is 4.65. The van der Waals surface area contributed by atoms with Gasteiger partial charge in [-0.2, -0.15) is 0 Å². The Hall–Kier alpha value is -0.610. The minimum Gasteiger partial charge on any atom is -0.351 e. The number of aromatic nitrogens is 1. The Labute approximate surface area is 105 Å². The summed E-state index contributed by atoms with van der Waals surface area (Å²) in [7, 11) is 0. The molecule has 0 aliphatic carbocycles. The topological polar surface area (TPSA) is 42.0 Å². The normalized spacial score (nSPS) is 12.4. The maximum atomic E-state index is 11.8. The quantitative estimate of drug-likeness (QED) is 0.800. The third-order valence-electron chi connectivity index (χ3n) is 2.60. The van der Waals surface area contributed by atoms with Gasteiger partial charge in [-0.15, -0.1) is 22.9 Å². The third kappa shape index (κ3) is 3.76. The van der Waals surface area contributed by atoms with Crippen LogP contribution in [0, 0.1) is 12.8 Å². The number of aryl methyl sites for hydroxylation is 1. The molecule has 1 unspecified atom stereocenters. The SMILES string of the molecule is CCC(CCCl)CNC(=O)c1scnc1C. The van der Waals surface area contributed by atoms with E-state index in [0.717, 1.165) is 18.5 Å². The summed E-state index contributed by atoms with van der Waals surface area (Å²) in [5.41, 5.74) is 2.49. The van der Waals surface area contributed by atoms with Crippen LogP contribution in [0.1, 0.15) is 35.1 Å². The first kappa shape index (κ1) is 13.5. The Morgan fingerprint density at radius 1 is 1.69 bits per heavy atom. The van der Waals surface area contributed by atoms with Crippen molar-refractivity contribution in [3.63, 3.8) is 0 Å². The van der Waals surface area contributed by atoms with E-state index in [4.69, 9.17) is 11.6 Å². The summed E-state index contributed by atoms with van der Waals surface area (Å²) >= 11 is 7.08. The molecule has 90 valence electrons. The van der Waals surface area contributed by atoms with Crippen LogP contribution >= 0.6 is 22.9 Å². The zero-order chi connectivity index (χ0) is 12.0. The molecule has 1 N–H and O–H groups in total. The molecular weight excluding hydrogens is 244 g/mol. The molecule has 0 radical (unpaired) electrons. The van der Waals surface area contributed by atoms with Crippen LogP contribution in [0.25, 0.3) is 0 Å². The number of thiazole rings is 1. The zero-order valence-corrected chi connectivity index (χ0v) is 11.2. The van der Waals surface area contributed by atoms with Crippen LogP contribution < -0.4 is 5.32 Å². The van der Waals surface area contributed by atoms with Gasteiger partial charge in [0, 0.05) is 12.4 Å². The summed E-state index contributed by atoms with van der Waals surface area (Å²) < 4.78 is 0. The molecule has 0 bridgehead atoms. The summed E-state index contributed by atoms with van der Waals surface area (Å²) in [6.07, 6.45) is 1.98. The second kappa shape index (κ2) is 6.86. The second-order valence-electron chi connectivity index (χ2n) is 3.73. The van der Waals surface area contributed by atoms with Crippen LogP contribution in [-0.4, -0.2) is 23.3 Å². The van der Waals surface area contributed by atoms with Crippen molar-refractivity contribution in [3.8, 4) is 0 Å². The number of carbonyl (C=O) groups excluding carboxylic acids is 1. The standard InChI is InChI=1S/C11H17ClN2OS/c1-3-9(4-5-12)6-13-11(15)10-8(2)14-7-16-10/h7,9H,3-6H2,1-2H3,(H,13,15). The lowest BCUT2D eigenvalue weighted by Gasteiger charge is -2.13. The van der Waals surface area contributed by atoms with Crippen molar-refractivity contribution < 1.29 is 4.79 Å². The summed E-state index contributed by atoms with van der Waals surface area (Å²) in [5, 5.41) is 2.93. The monoisotopic (exact) mass is 260 g/mol. The van der Waals surface area contributed by atoms with Crippen molar-refractivity contribution in [2.45, 2.75) is 26.7 Å². The molecule has 16 heavy (non-hydrogen) atoms. The van der Waals surface area contributed by atoms with Gasteiger partial charge >= 0.3 is 0 Å². The minimum absolute atomic E-state index is 0.0203. The Morgan fingerprint density at radius 3 is 2.94 bits per heavy atom. The summed E-state index contributed by atoms with van der Waals surface area (Å²) in [5.74, 6) is 1.09. The first-order valence-electron chi connectivity index (χ1n) is 5.43. The second-order valence-corrected chi connectivity index (χ2v) is 4.96. The molecule has 0 aliphatic heterocycles. The van der Waals surface area contributed by atoms with Crippen LogP contribution in [0.3, 0.4) is 0 Å². The number of alkyl halides is 1. The van der Waals surface area contributed by atoms with Crippen LogP contribution in [0.5, 0.6) is 0 Å². The minimum atomic E-state index is -0.0203. The van der Waals surface area contributed by atoms with Crippen molar-refractivity contribution >= 4 is 28.8 Å². The first-order chi connectivity index (χ1) is 7.69. The fraction of sp³-hybridized carbons (Fsp3) is 0.636. The number of halogens is 1. The van der Waals surface area contributed by atoms with Crippen molar-refractivity contribution in [2.24, 2.45) is 5.92 Å². The van der Waals surface area contributed by atoms with Crippen LogP contribution in [0.4, 0.5) is 0 Å². The highest BCUT2D eigenvalue weighted by Crippen LogP contribution is 2.13. The lowest BCUT2D eigenvalue weighted by Crippen LogP contribution is -2.29. The maximum absolute atomic E-state index is 11.8. The molecule has 3 nitrogen and oxygen atoms in total. The highest BCUT2D eigenvalue weighted by molar-refractivity contribution is 7.11. The smallest absolute Gasteiger partial charge is 0.263 e. The summed E-state index contributed by atoms with van der Waals surface area (Å²) in [4.78, 5) is 16.5. The van der Waals surface area contributed by atoms with E-state index >= 15 is 0 Å². The fourth-order valence-corrected chi connectivity index (χ4v) is 2.47. The molecule has 1 amide bonds. The van der Waals surface area contributed by atoms with Gasteiger partial charge in [0.15, 0.2) is 0 Å². The van der Waals surface area contributed by atoms with Crippen LogP contribution in [-0.2, 0) is 0 Å². The average Bonchev–Trinajstić information content (AvgIpc) is 2.70. The fourth-order valence-electron chi connectivity index (χ4n) is 1.44. The van der Waals surface area contributed by atoms with E-state index in [1.807, 2.05) is 6.92 Å². The Bertz CT molecular complexity index is 340. The molecule has 1 rings (SSSR count). The Morgan fingerprint density at radius 2 is 2.44 bits per heavy atom. The molecule has 0 saturated heterocycles. The highest BCUT2D eigenvalue weighted by atomic mass is 35.5. The van der Waals surface area contributed by atoms with Gasteiger partial charge in [0.25, 0.3) is 5.91 Å². The number of rotatable bonds is 6. The number of hydrogen-bond acceptors (Lipinski definition) is 3. The number of nitrogens with zero attached hydrogens (tertiary/aromatic N) is 1. The van der Waals surface area contributed by atoms with Gasteiger partial charge in [0.2, 0.25) is 0 Å². The molecule has 1 atom stereocenters. The van der Waals surface area contributed by atoms with Crippen molar-refractivity contribution in [1.29, 1.82) is 0 Å². The van der Waals surface area contributed by atoms with E-state index in [1.54, 1.807) is 5.51 Å². The van der Waals surface area contributed by atoms with Gasteiger partial charge in [-0.1, -0.05) is 13.3 Å². The van der Waals surface area contributed by atoms with E-state index in [1.165, 1.54) is 11.3 Å². The highest BCUT2D eigenvalue weighted by Gasteiger charge is 2.13. The zero-order valence-electron chi connectivity index (χ0n) is 9.62. The molecule has 5 heteroatoms. The van der Waals surface area contributed by atoms with Crippen LogP contribution in [0.2, 0.25) is 0 Å². The third-order valence-corrected chi connectivity index (χ3v) is 3.74. The van der Waals surface area contributed by atoms with E-state index < -0.39 is 0 Å². The van der Waals surface area contributed by atoms with Gasteiger partial charge in [-0.05, 0) is 19.3 Å². The summed E-state index contributed by atoms with van der Waals surface area (Å²) in [6, 6.07) is 0. The number of nitrogens with one attached hydrogen (secondary N) is 1. The molecule has 0 saturated carbocycles.